The molecular formula is C16H15BrCl2FN. The Hall–Kier alpha value is -0.610. The van der Waals surface area contributed by atoms with Crippen LogP contribution in [0, 0.1) is 5.82 Å². The Labute approximate surface area is 142 Å². The molecule has 0 aliphatic rings. The van der Waals surface area contributed by atoms with Gasteiger partial charge in [-0.2, -0.15) is 0 Å². The van der Waals surface area contributed by atoms with Crippen LogP contribution in [0.15, 0.2) is 40.9 Å². The molecule has 0 fully saturated rings. The molecule has 0 heterocycles. The lowest BCUT2D eigenvalue weighted by molar-refractivity contribution is 0.591. The second-order valence-electron chi connectivity index (χ2n) is 4.73. The van der Waals surface area contributed by atoms with Crippen molar-refractivity contribution in [2.24, 2.45) is 0 Å². The molecule has 2 aromatic rings. The van der Waals surface area contributed by atoms with Crippen molar-refractivity contribution in [2.45, 2.75) is 19.4 Å². The van der Waals surface area contributed by atoms with Gasteiger partial charge in [-0.15, -0.1) is 0 Å². The van der Waals surface area contributed by atoms with Crippen molar-refractivity contribution in [3.05, 3.63) is 67.9 Å². The zero-order valence-electron chi connectivity index (χ0n) is 11.5. The van der Waals surface area contributed by atoms with E-state index in [1.807, 2.05) is 12.1 Å². The smallest absolute Gasteiger partial charge is 0.137 e. The standard InChI is InChI=1S/C16H15BrCl2FN/c1-2-7-21-16(10-3-6-15(20)13(17)8-10)12-5-4-11(18)9-14(12)19/h3-6,8-9,16,21H,2,7H2,1H3. The lowest BCUT2D eigenvalue weighted by atomic mass is 9.98. The lowest BCUT2D eigenvalue weighted by Crippen LogP contribution is -2.23. The van der Waals surface area contributed by atoms with Crippen LogP contribution in [-0.4, -0.2) is 6.54 Å². The molecular weight excluding hydrogens is 376 g/mol. The van der Waals surface area contributed by atoms with Crippen LogP contribution >= 0.6 is 39.1 Å². The number of benzene rings is 2. The number of hydrogen-bond donors (Lipinski definition) is 1. The van der Waals surface area contributed by atoms with Crippen LogP contribution in [0.4, 0.5) is 4.39 Å². The summed E-state index contributed by atoms with van der Waals surface area (Å²) in [5.74, 6) is -0.282. The molecule has 0 aliphatic heterocycles. The van der Waals surface area contributed by atoms with Gasteiger partial charge < -0.3 is 5.32 Å². The first kappa shape index (κ1) is 16.8. The van der Waals surface area contributed by atoms with Gasteiger partial charge in [0.15, 0.2) is 0 Å². The van der Waals surface area contributed by atoms with Gasteiger partial charge in [-0.25, -0.2) is 4.39 Å². The summed E-state index contributed by atoms with van der Waals surface area (Å²) in [6.07, 6.45) is 0.990. The molecule has 1 atom stereocenters. The Kier molecular flexibility index (Phi) is 6.06. The molecule has 0 spiro atoms. The Morgan fingerprint density at radius 3 is 2.57 bits per heavy atom. The number of hydrogen-bond acceptors (Lipinski definition) is 1. The molecule has 2 aromatic carbocycles. The van der Waals surface area contributed by atoms with Crippen molar-refractivity contribution in [2.75, 3.05) is 6.54 Å². The molecule has 5 heteroatoms. The van der Waals surface area contributed by atoms with Gasteiger partial charge in [-0.05, 0) is 64.3 Å². The molecule has 1 N–H and O–H groups in total. The summed E-state index contributed by atoms with van der Waals surface area (Å²) in [7, 11) is 0. The summed E-state index contributed by atoms with van der Waals surface area (Å²) in [6.45, 7) is 2.92. The van der Waals surface area contributed by atoms with E-state index < -0.39 is 0 Å². The summed E-state index contributed by atoms with van der Waals surface area (Å²) in [4.78, 5) is 0. The lowest BCUT2D eigenvalue weighted by Gasteiger charge is -2.21. The summed E-state index contributed by atoms with van der Waals surface area (Å²) in [6, 6.07) is 10.3. The van der Waals surface area contributed by atoms with E-state index in [2.05, 4.69) is 28.2 Å². The fraction of sp³-hybridized carbons (Fsp3) is 0.250. The zero-order valence-corrected chi connectivity index (χ0v) is 14.6. The molecule has 1 unspecified atom stereocenters. The molecule has 0 amide bonds. The maximum absolute atomic E-state index is 13.4. The maximum atomic E-state index is 13.4. The van der Waals surface area contributed by atoms with E-state index in [1.165, 1.54) is 6.07 Å². The van der Waals surface area contributed by atoms with Crippen LogP contribution in [0.25, 0.3) is 0 Å². The van der Waals surface area contributed by atoms with Crippen molar-refractivity contribution in [3.8, 4) is 0 Å². The predicted molar refractivity (Wildman–Crippen MR) is 90.7 cm³/mol. The summed E-state index contributed by atoms with van der Waals surface area (Å²) in [5, 5.41) is 4.63. The average molecular weight is 391 g/mol. The van der Waals surface area contributed by atoms with Crippen molar-refractivity contribution < 1.29 is 4.39 Å². The summed E-state index contributed by atoms with van der Waals surface area (Å²) in [5.41, 5.74) is 1.87. The van der Waals surface area contributed by atoms with Crippen LogP contribution in [0.2, 0.25) is 10.0 Å². The SMILES string of the molecule is CCCNC(c1ccc(F)c(Br)c1)c1ccc(Cl)cc1Cl. The quantitative estimate of drug-likeness (QED) is 0.661. The monoisotopic (exact) mass is 389 g/mol. The van der Waals surface area contributed by atoms with E-state index in [9.17, 15) is 4.39 Å². The minimum absolute atomic E-state index is 0.105. The topological polar surface area (TPSA) is 12.0 Å². The third-order valence-electron chi connectivity index (χ3n) is 3.15. The molecule has 112 valence electrons. The summed E-state index contributed by atoms with van der Waals surface area (Å²) >= 11 is 15.5. The fourth-order valence-electron chi connectivity index (χ4n) is 2.12. The zero-order chi connectivity index (χ0) is 15.4. The Morgan fingerprint density at radius 1 is 1.19 bits per heavy atom. The molecule has 0 radical (unpaired) electrons. The molecule has 0 saturated carbocycles. The minimum atomic E-state index is -0.282. The highest BCUT2D eigenvalue weighted by atomic mass is 79.9. The minimum Gasteiger partial charge on any atom is -0.306 e. The highest BCUT2D eigenvalue weighted by molar-refractivity contribution is 9.10. The Balaban J connectivity index is 2.44. The molecule has 21 heavy (non-hydrogen) atoms. The van der Waals surface area contributed by atoms with Crippen LogP contribution in [0.1, 0.15) is 30.5 Å². The molecule has 0 aliphatic carbocycles. The number of nitrogens with one attached hydrogen (secondary N) is 1. The van der Waals surface area contributed by atoms with Gasteiger partial charge in [0.05, 0.1) is 10.5 Å². The second kappa shape index (κ2) is 7.59. The van der Waals surface area contributed by atoms with E-state index in [0.717, 1.165) is 24.1 Å². The first-order valence-electron chi connectivity index (χ1n) is 6.66. The van der Waals surface area contributed by atoms with E-state index >= 15 is 0 Å². The Morgan fingerprint density at radius 2 is 1.95 bits per heavy atom. The van der Waals surface area contributed by atoms with Crippen molar-refractivity contribution >= 4 is 39.1 Å². The highest BCUT2D eigenvalue weighted by Gasteiger charge is 2.17. The molecule has 2 rings (SSSR count). The highest BCUT2D eigenvalue weighted by Crippen LogP contribution is 2.32. The van der Waals surface area contributed by atoms with Gasteiger partial charge in [0, 0.05) is 10.0 Å². The van der Waals surface area contributed by atoms with Gasteiger partial charge in [0.25, 0.3) is 0 Å². The second-order valence-corrected chi connectivity index (χ2v) is 6.42. The largest absolute Gasteiger partial charge is 0.306 e. The molecule has 0 aromatic heterocycles. The van der Waals surface area contributed by atoms with Crippen molar-refractivity contribution in [1.82, 2.24) is 5.32 Å². The van der Waals surface area contributed by atoms with Gasteiger partial charge >= 0.3 is 0 Å². The van der Waals surface area contributed by atoms with Crippen LogP contribution in [0.3, 0.4) is 0 Å². The van der Waals surface area contributed by atoms with Gasteiger partial charge in [0.1, 0.15) is 5.82 Å². The predicted octanol–water partition coefficient (Wildman–Crippen LogP) is 5.98. The molecule has 0 saturated heterocycles. The van der Waals surface area contributed by atoms with Crippen LogP contribution in [0.5, 0.6) is 0 Å². The third-order valence-corrected chi connectivity index (χ3v) is 4.32. The van der Waals surface area contributed by atoms with E-state index in [1.54, 1.807) is 18.2 Å². The fourth-order valence-corrected chi connectivity index (χ4v) is 3.04. The first-order chi connectivity index (χ1) is 10.0. The third kappa shape index (κ3) is 4.19. The average Bonchev–Trinajstić information content (AvgIpc) is 2.44. The van der Waals surface area contributed by atoms with Crippen LogP contribution < -0.4 is 5.32 Å². The normalized spacial score (nSPS) is 12.4. The maximum Gasteiger partial charge on any atom is 0.137 e. The molecule has 1 nitrogen and oxygen atoms in total. The summed E-state index contributed by atoms with van der Waals surface area (Å²) < 4.78 is 13.9. The van der Waals surface area contributed by atoms with Gasteiger partial charge in [-0.3, -0.25) is 0 Å². The van der Waals surface area contributed by atoms with E-state index in [0.29, 0.717) is 14.5 Å². The van der Waals surface area contributed by atoms with E-state index in [4.69, 9.17) is 23.2 Å². The van der Waals surface area contributed by atoms with Crippen molar-refractivity contribution in [1.29, 1.82) is 0 Å². The van der Waals surface area contributed by atoms with Gasteiger partial charge in [0.2, 0.25) is 0 Å². The first-order valence-corrected chi connectivity index (χ1v) is 8.21. The van der Waals surface area contributed by atoms with Crippen molar-refractivity contribution in [3.63, 3.8) is 0 Å². The van der Waals surface area contributed by atoms with Gasteiger partial charge in [-0.1, -0.05) is 42.3 Å². The van der Waals surface area contributed by atoms with E-state index in [-0.39, 0.29) is 11.9 Å². The Bertz CT molecular complexity index is 634. The number of rotatable bonds is 5. The molecule has 0 bridgehead atoms. The number of halogens is 4. The van der Waals surface area contributed by atoms with Crippen LogP contribution in [-0.2, 0) is 0 Å².